The molecule has 23 heavy (non-hydrogen) atoms. The van der Waals surface area contributed by atoms with E-state index < -0.39 is 0 Å². The van der Waals surface area contributed by atoms with Crippen LogP contribution in [0.3, 0.4) is 0 Å². The van der Waals surface area contributed by atoms with Crippen molar-refractivity contribution >= 4 is 24.0 Å². The molecule has 0 N–H and O–H groups in total. The number of unbranched alkanes of at least 4 members (excludes halogenated alkanes) is 13. The molecule has 0 aromatic rings. The molecule has 1 aliphatic rings. The Kier molecular flexibility index (Phi) is 18.4. The first kappa shape index (κ1) is 23.0. The van der Waals surface area contributed by atoms with Crippen molar-refractivity contribution < 1.29 is 0 Å². The van der Waals surface area contributed by atoms with Crippen LogP contribution in [0.5, 0.6) is 0 Å². The summed E-state index contributed by atoms with van der Waals surface area (Å²) >= 11 is 0. The van der Waals surface area contributed by atoms with E-state index in [4.69, 9.17) is 0 Å². The molecule has 0 aromatic carbocycles. The summed E-state index contributed by atoms with van der Waals surface area (Å²) in [6, 6.07) is 0. The predicted octanol–water partition coefficient (Wildman–Crippen LogP) is 7.47. The molecule has 0 amide bonds. The van der Waals surface area contributed by atoms with Crippen LogP contribution in [0.1, 0.15) is 96.8 Å². The smallest absolute Gasteiger partial charge is 0.0357 e. The van der Waals surface area contributed by atoms with Gasteiger partial charge in [0.15, 0.2) is 0 Å². The number of halogens is 1. The van der Waals surface area contributed by atoms with E-state index in [1.807, 2.05) is 0 Å². The van der Waals surface area contributed by atoms with Gasteiger partial charge < -0.3 is 4.90 Å². The minimum absolute atomic E-state index is 0. The van der Waals surface area contributed by atoms with Crippen LogP contribution in [0.4, 0.5) is 0 Å². The molecule has 0 radical (unpaired) electrons. The van der Waals surface area contributed by atoms with E-state index in [2.05, 4.69) is 36.3 Å². The fraction of sp³-hybridized carbons (Fsp3) is 0.810. The molecule has 136 valence electrons. The van der Waals surface area contributed by atoms with E-state index in [0.717, 1.165) is 6.54 Å². The Morgan fingerprint density at radius 2 is 1.13 bits per heavy atom. The van der Waals surface area contributed by atoms with Crippen LogP contribution in [-0.4, -0.2) is 18.0 Å². The highest BCUT2D eigenvalue weighted by Gasteiger charge is 1.99. The molecule has 0 bridgehead atoms. The van der Waals surface area contributed by atoms with E-state index in [-0.39, 0.29) is 24.0 Å². The Labute approximate surface area is 163 Å². The summed E-state index contributed by atoms with van der Waals surface area (Å²) in [5.41, 5.74) is 0. The average molecular weight is 433 g/mol. The monoisotopic (exact) mass is 433 g/mol. The summed E-state index contributed by atoms with van der Waals surface area (Å²) in [5.74, 6) is 0. The lowest BCUT2D eigenvalue weighted by atomic mass is 10.0. The summed E-state index contributed by atoms with van der Waals surface area (Å²) < 4.78 is 0. The maximum atomic E-state index is 2.42. The minimum atomic E-state index is 0. The highest BCUT2D eigenvalue weighted by atomic mass is 127. The van der Waals surface area contributed by atoms with Gasteiger partial charge in [0.05, 0.1) is 0 Å². The molecule has 2 heteroatoms. The van der Waals surface area contributed by atoms with Crippen molar-refractivity contribution in [3.63, 3.8) is 0 Å². The topological polar surface area (TPSA) is 3.24 Å². The molecular formula is C21H40IN. The molecule has 1 aliphatic heterocycles. The van der Waals surface area contributed by atoms with Crippen LogP contribution in [-0.2, 0) is 0 Å². The van der Waals surface area contributed by atoms with E-state index in [0.29, 0.717) is 0 Å². The highest BCUT2D eigenvalue weighted by Crippen LogP contribution is 2.13. The molecule has 0 atom stereocenters. The number of hydrogen-bond donors (Lipinski definition) is 0. The van der Waals surface area contributed by atoms with Crippen molar-refractivity contribution in [2.45, 2.75) is 96.8 Å². The Hall–Kier alpha value is 0.01000. The van der Waals surface area contributed by atoms with Crippen LogP contribution in [0, 0.1) is 0 Å². The SMILES string of the molecule is CCCCCCCCCCCCCCCCN1C=CC=CC1.I. The minimum Gasteiger partial charge on any atom is -0.374 e. The molecule has 0 aromatic heterocycles. The van der Waals surface area contributed by atoms with Gasteiger partial charge in [-0.2, -0.15) is 0 Å². The fourth-order valence-corrected chi connectivity index (χ4v) is 3.18. The summed E-state index contributed by atoms with van der Waals surface area (Å²) in [6.45, 7) is 4.63. The van der Waals surface area contributed by atoms with Crippen LogP contribution >= 0.6 is 24.0 Å². The third kappa shape index (κ3) is 15.3. The molecule has 1 rings (SSSR count). The average Bonchev–Trinajstić information content (AvgIpc) is 2.56. The van der Waals surface area contributed by atoms with Gasteiger partial charge in [-0.1, -0.05) is 103 Å². The Morgan fingerprint density at radius 1 is 0.652 bits per heavy atom. The van der Waals surface area contributed by atoms with Gasteiger partial charge in [-0.05, 0) is 18.7 Å². The van der Waals surface area contributed by atoms with Crippen molar-refractivity contribution in [1.82, 2.24) is 4.90 Å². The second-order valence-corrected chi connectivity index (χ2v) is 6.86. The zero-order valence-electron chi connectivity index (χ0n) is 15.5. The second kappa shape index (κ2) is 18.4. The molecule has 0 unspecified atom stereocenters. The van der Waals surface area contributed by atoms with Gasteiger partial charge in [0, 0.05) is 13.1 Å². The molecule has 1 heterocycles. The number of hydrogen-bond acceptors (Lipinski definition) is 1. The van der Waals surface area contributed by atoms with Gasteiger partial charge in [0.2, 0.25) is 0 Å². The summed E-state index contributed by atoms with van der Waals surface area (Å²) in [5, 5.41) is 0. The quantitative estimate of drug-likeness (QED) is 0.191. The lowest BCUT2D eigenvalue weighted by Crippen LogP contribution is -2.19. The zero-order chi connectivity index (χ0) is 15.7. The van der Waals surface area contributed by atoms with E-state index in [9.17, 15) is 0 Å². The summed E-state index contributed by atoms with van der Waals surface area (Å²) in [4.78, 5) is 2.42. The van der Waals surface area contributed by atoms with Crippen molar-refractivity contribution in [2.75, 3.05) is 13.1 Å². The number of rotatable bonds is 15. The lowest BCUT2D eigenvalue weighted by molar-refractivity contribution is 0.392. The van der Waals surface area contributed by atoms with Crippen molar-refractivity contribution in [3.8, 4) is 0 Å². The Morgan fingerprint density at radius 3 is 1.57 bits per heavy atom. The molecule has 0 fully saturated rings. The van der Waals surface area contributed by atoms with Crippen molar-refractivity contribution in [3.05, 3.63) is 24.4 Å². The Bertz CT molecular complexity index is 286. The fourth-order valence-electron chi connectivity index (χ4n) is 3.18. The normalized spacial score (nSPS) is 13.3. The highest BCUT2D eigenvalue weighted by molar-refractivity contribution is 14.0. The maximum Gasteiger partial charge on any atom is 0.0357 e. The molecule has 0 aliphatic carbocycles. The standard InChI is InChI=1S/C21H39N.HI/c1-2-3-4-5-6-7-8-9-10-11-12-13-14-16-19-22-20-17-15-18-21-22;/h15,17-18,20H,2-14,16,19,21H2,1H3;1H. The van der Waals surface area contributed by atoms with Crippen LogP contribution < -0.4 is 0 Å². The third-order valence-corrected chi connectivity index (χ3v) is 4.68. The molecule has 1 nitrogen and oxygen atoms in total. The predicted molar refractivity (Wildman–Crippen MR) is 116 cm³/mol. The summed E-state index contributed by atoms with van der Waals surface area (Å²) in [7, 11) is 0. The van der Waals surface area contributed by atoms with Crippen molar-refractivity contribution in [2.24, 2.45) is 0 Å². The maximum absolute atomic E-state index is 2.42. The van der Waals surface area contributed by atoms with Gasteiger partial charge in [0.25, 0.3) is 0 Å². The van der Waals surface area contributed by atoms with Gasteiger partial charge in [0.1, 0.15) is 0 Å². The first-order chi connectivity index (χ1) is 10.9. The second-order valence-electron chi connectivity index (χ2n) is 6.86. The van der Waals surface area contributed by atoms with Gasteiger partial charge in [-0.3, -0.25) is 0 Å². The molecule has 0 saturated heterocycles. The first-order valence-electron chi connectivity index (χ1n) is 10.0. The first-order valence-corrected chi connectivity index (χ1v) is 10.0. The van der Waals surface area contributed by atoms with Crippen LogP contribution in [0.2, 0.25) is 0 Å². The summed E-state index contributed by atoms with van der Waals surface area (Å²) in [6.07, 6.45) is 28.9. The van der Waals surface area contributed by atoms with Crippen LogP contribution in [0.15, 0.2) is 24.4 Å². The lowest BCUT2D eigenvalue weighted by Gasteiger charge is -2.20. The van der Waals surface area contributed by atoms with Gasteiger partial charge in [-0.25, -0.2) is 0 Å². The third-order valence-electron chi connectivity index (χ3n) is 4.68. The van der Waals surface area contributed by atoms with E-state index >= 15 is 0 Å². The van der Waals surface area contributed by atoms with Gasteiger partial charge >= 0.3 is 0 Å². The molecule has 0 saturated carbocycles. The largest absolute Gasteiger partial charge is 0.374 e. The number of allylic oxidation sites excluding steroid dienone is 2. The van der Waals surface area contributed by atoms with E-state index in [1.54, 1.807) is 0 Å². The van der Waals surface area contributed by atoms with Crippen molar-refractivity contribution in [1.29, 1.82) is 0 Å². The number of nitrogens with zero attached hydrogens (tertiary/aromatic N) is 1. The van der Waals surface area contributed by atoms with Gasteiger partial charge in [-0.15, -0.1) is 24.0 Å². The zero-order valence-corrected chi connectivity index (χ0v) is 17.8. The van der Waals surface area contributed by atoms with E-state index in [1.165, 1.54) is 96.4 Å². The van der Waals surface area contributed by atoms with Crippen LogP contribution in [0.25, 0.3) is 0 Å². The molecule has 0 spiro atoms. The Balaban J connectivity index is 0.00000484. The molecular weight excluding hydrogens is 393 g/mol.